The molecule has 0 unspecified atom stereocenters. The van der Waals surface area contributed by atoms with Crippen LogP contribution in [-0.2, 0) is 27.4 Å². The SMILES string of the molecule is CN(O)C(=O)c1cc2c(COC[C@@H]3COC(C)(C)O3)cn(Cc3ccc(F)cc3)c2cn1. The summed E-state index contributed by atoms with van der Waals surface area (Å²) in [6.45, 7) is 5.34. The van der Waals surface area contributed by atoms with Crippen LogP contribution in [0.1, 0.15) is 35.5 Å². The van der Waals surface area contributed by atoms with E-state index in [0.29, 0.717) is 31.4 Å². The van der Waals surface area contributed by atoms with E-state index in [9.17, 15) is 14.4 Å². The third kappa shape index (κ3) is 4.97. The lowest BCUT2D eigenvalue weighted by atomic mass is 10.2. The summed E-state index contributed by atoms with van der Waals surface area (Å²) in [6.07, 6.45) is 3.37. The van der Waals surface area contributed by atoms with E-state index in [4.69, 9.17) is 14.2 Å². The summed E-state index contributed by atoms with van der Waals surface area (Å²) >= 11 is 0. The molecule has 1 aromatic carbocycles. The van der Waals surface area contributed by atoms with Crippen molar-refractivity contribution in [2.45, 2.75) is 38.9 Å². The molecule has 3 heterocycles. The number of hydrogen-bond acceptors (Lipinski definition) is 6. The molecule has 0 bridgehead atoms. The standard InChI is InChI=1S/C23H26FN3O5/c1-23(2)31-14-18(32-23)13-30-12-16-11-27(10-15-4-6-17(24)7-5-15)21-9-25-20(8-19(16)21)22(28)26(3)29/h4-9,11,18,29H,10,12-14H2,1-3H3/t18-/m1/s1. The Hall–Kier alpha value is -2.85. The lowest BCUT2D eigenvalue weighted by Crippen LogP contribution is -2.24. The molecule has 1 saturated heterocycles. The lowest BCUT2D eigenvalue weighted by molar-refractivity contribution is -0.145. The van der Waals surface area contributed by atoms with Gasteiger partial charge in [0.25, 0.3) is 5.91 Å². The van der Waals surface area contributed by atoms with Gasteiger partial charge in [0, 0.05) is 30.7 Å². The molecule has 170 valence electrons. The average molecular weight is 443 g/mol. The second-order valence-corrected chi connectivity index (χ2v) is 8.29. The fourth-order valence-corrected chi connectivity index (χ4v) is 3.72. The molecule has 0 spiro atoms. The highest BCUT2D eigenvalue weighted by Gasteiger charge is 2.32. The van der Waals surface area contributed by atoms with Crippen molar-refractivity contribution in [3.8, 4) is 0 Å². The molecule has 3 aromatic rings. The highest BCUT2D eigenvalue weighted by atomic mass is 19.1. The molecule has 0 radical (unpaired) electrons. The number of hydroxylamine groups is 2. The fourth-order valence-electron chi connectivity index (χ4n) is 3.72. The second-order valence-electron chi connectivity index (χ2n) is 8.29. The summed E-state index contributed by atoms with van der Waals surface area (Å²) in [4.78, 5) is 16.4. The van der Waals surface area contributed by atoms with Gasteiger partial charge >= 0.3 is 0 Å². The molecular weight excluding hydrogens is 417 g/mol. The zero-order valence-electron chi connectivity index (χ0n) is 18.2. The third-order valence-electron chi connectivity index (χ3n) is 5.26. The molecule has 1 fully saturated rings. The van der Waals surface area contributed by atoms with Gasteiger partial charge in [-0.05, 0) is 37.6 Å². The molecule has 1 aliphatic heterocycles. The first-order chi connectivity index (χ1) is 15.2. The van der Waals surface area contributed by atoms with E-state index in [1.807, 2.05) is 24.6 Å². The molecule has 8 nitrogen and oxygen atoms in total. The third-order valence-corrected chi connectivity index (χ3v) is 5.26. The highest BCUT2D eigenvalue weighted by Crippen LogP contribution is 2.26. The van der Waals surface area contributed by atoms with Crippen molar-refractivity contribution in [2.75, 3.05) is 20.3 Å². The van der Waals surface area contributed by atoms with E-state index >= 15 is 0 Å². The maximum Gasteiger partial charge on any atom is 0.295 e. The van der Waals surface area contributed by atoms with Crippen LogP contribution in [0.3, 0.4) is 0 Å². The zero-order valence-corrected chi connectivity index (χ0v) is 18.2. The summed E-state index contributed by atoms with van der Waals surface area (Å²) in [5.74, 6) is -1.51. The van der Waals surface area contributed by atoms with Crippen LogP contribution in [0.15, 0.2) is 42.7 Å². The van der Waals surface area contributed by atoms with Gasteiger partial charge in [-0.2, -0.15) is 0 Å². The Bertz CT molecular complexity index is 1110. The predicted molar refractivity (Wildman–Crippen MR) is 114 cm³/mol. The van der Waals surface area contributed by atoms with Crippen molar-refractivity contribution < 1.29 is 28.6 Å². The Balaban J connectivity index is 1.59. The van der Waals surface area contributed by atoms with Gasteiger partial charge in [-0.3, -0.25) is 10.0 Å². The molecule has 32 heavy (non-hydrogen) atoms. The average Bonchev–Trinajstić information content (AvgIpc) is 3.28. The number of carbonyl (C=O) groups is 1. The Kier molecular flexibility index (Phi) is 6.25. The Labute approximate surface area is 185 Å². The molecule has 4 rings (SSSR count). The number of pyridine rings is 1. The van der Waals surface area contributed by atoms with Crippen LogP contribution in [0.25, 0.3) is 10.9 Å². The van der Waals surface area contributed by atoms with E-state index in [0.717, 1.165) is 22.0 Å². The largest absolute Gasteiger partial charge is 0.374 e. The number of carbonyl (C=O) groups excluding carboxylic acids is 1. The van der Waals surface area contributed by atoms with Crippen molar-refractivity contribution >= 4 is 16.8 Å². The Morgan fingerprint density at radius 1 is 1.38 bits per heavy atom. The number of rotatable bonds is 7. The van der Waals surface area contributed by atoms with Gasteiger partial charge in [-0.15, -0.1) is 0 Å². The smallest absolute Gasteiger partial charge is 0.295 e. The van der Waals surface area contributed by atoms with E-state index in [-0.39, 0.29) is 17.6 Å². The van der Waals surface area contributed by atoms with Crippen molar-refractivity contribution in [3.05, 3.63) is 65.4 Å². The summed E-state index contributed by atoms with van der Waals surface area (Å²) < 4.78 is 32.5. The Morgan fingerprint density at radius 2 is 2.12 bits per heavy atom. The van der Waals surface area contributed by atoms with Crippen molar-refractivity contribution in [3.63, 3.8) is 0 Å². The van der Waals surface area contributed by atoms with E-state index in [2.05, 4.69) is 4.98 Å². The minimum absolute atomic E-state index is 0.123. The van der Waals surface area contributed by atoms with Crippen LogP contribution in [0, 0.1) is 5.82 Å². The molecular formula is C23H26FN3O5. The monoisotopic (exact) mass is 443 g/mol. The topological polar surface area (TPSA) is 86.0 Å². The van der Waals surface area contributed by atoms with Crippen LogP contribution in [0.5, 0.6) is 0 Å². The zero-order chi connectivity index (χ0) is 22.9. The number of amides is 1. The molecule has 1 atom stereocenters. The molecule has 1 aliphatic rings. The van der Waals surface area contributed by atoms with Gasteiger partial charge in [0.2, 0.25) is 0 Å². The van der Waals surface area contributed by atoms with Crippen molar-refractivity contribution in [1.82, 2.24) is 14.6 Å². The van der Waals surface area contributed by atoms with Crippen LogP contribution in [-0.4, -0.2) is 57.9 Å². The number of ether oxygens (including phenoxy) is 3. The number of benzene rings is 1. The van der Waals surface area contributed by atoms with Crippen molar-refractivity contribution in [2.24, 2.45) is 0 Å². The molecule has 1 amide bonds. The molecule has 1 N–H and O–H groups in total. The summed E-state index contributed by atoms with van der Waals surface area (Å²) in [6, 6.07) is 7.93. The van der Waals surface area contributed by atoms with Gasteiger partial charge in [0.15, 0.2) is 5.79 Å². The van der Waals surface area contributed by atoms with Gasteiger partial charge in [0.1, 0.15) is 17.6 Å². The predicted octanol–water partition coefficient (Wildman–Crippen LogP) is 3.35. The molecule has 9 heteroatoms. The minimum atomic E-state index is -0.615. The highest BCUT2D eigenvalue weighted by molar-refractivity contribution is 5.96. The summed E-state index contributed by atoms with van der Waals surface area (Å²) in [7, 11) is 1.25. The van der Waals surface area contributed by atoms with Crippen LogP contribution in [0.4, 0.5) is 4.39 Å². The molecule has 2 aromatic heterocycles. The van der Waals surface area contributed by atoms with Crippen LogP contribution < -0.4 is 0 Å². The second kappa shape index (κ2) is 8.95. The van der Waals surface area contributed by atoms with E-state index < -0.39 is 11.7 Å². The summed E-state index contributed by atoms with van der Waals surface area (Å²) in [5.41, 5.74) is 2.70. The number of aromatic nitrogens is 2. The van der Waals surface area contributed by atoms with Gasteiger partial charge < -0.3 is 18.8 Å². The van der Waals surface area contributed by atoms with Crippen molar-refractivity contribution in [1.29, 1.82) is 0 Å². The number of nitrogens with zero attached hydrogens (tertiary/aromatic N) is 3. The first-order valence-electron chi connectivity index (χ1n) is 10.3. The maximum absolute atomic E-state index is 13.3. The maximum atomic E-state index is 13.3. The number of fused-ring (bicyclic) bond motifs is 1. The van der Waals surface area contributed by atoms with Gasteiger partial charge in [-0.1, -0.05) is 12.1 Å². The quantitative estimate of drug-likeness (QED) is 0.445. The molecule has 0 aliphatic carbocycles. The summed E-state index contributed by atoms with van der Waals surface area (Å²) in [5, 5.41) is 10.8. The minimum Gasteiger partial charge on any atom is -0.374 e. The lowest BCUT2D eigenvalue weighted by Gasteiger charge is -2.17. The number of hydrogen-bond donors (Lipinski definition) is 1. The van der Waals surface area contributed by atoms with E-state index in [1.54, 1.807) is 24.4 Å². The normalized spacial score (nSPS) is 17.7. The fraction of sp³-hybridized carbons (Fsp3) is 0.391. The first-order valence-corrected chi connectivity index (χ1v) is 10.3. The van der Waals surface area contributed by atoms with Crippen LogP contribution in [0.2, 0.25) is 0 Å². The van der Waals surface area contributed by atoms with Gasteiger partial charge in [0.05, 0.1) is 31.5 Å². The van der Waals surface area contributed by atoms with Gasteiger partial charge in [-0.25, -0.2) is 14.4 Å². The van der Waals surface area contributed by atoms with Crippen LogP contribution >= 0.6 is 0 Å². The van der Waals surface area contributed by atoms with E-state index in [1.165, 1.54) is 19.2 Å². The Morgan fingerprint density at radius 3 is 2.78 bits per heavy atom. The molecule has 0 saturated carbocycles. The first kappa shape index (κ1) is 22.3. The number of halogens is 1.